The van der Waals surface area contributed by atoms with Crippen molar-refractivity contribution in [2.45, 2.75) is 19.9 Å². The molecule has 1 heterocycles. The van der Waals surface area contributed by atoms with E-state index in [1.165, 1.54) is 30.3 Å². The van der Waals surface area contributed by atoms with Gasteiger partial charge in [0.1, 0.15) is 4.32 Å². The number of aliphatic carboxylic acids is 1. The van der Waals surface area contributed by atoms with E-state index in [1.54, 1.807) is 13.8 Å². The number of nitrogens with zero attached hydrogens (tertiary/aromatic N) is 2. The number of carbonyl (C=O) groups is 2. The molecular formula is C15H13N2O5S2-. The highest BCUT2D eigenvalue weighted by atomic mass is 32.2. The lowest BCUT2D eigenvalue weighted by Gasteiger charge is -2.30. The lowest BCUT2D eigenvalue weighted by molar-refractivity contribution is -0.384. The molecule has 9 heteroatoms. The number of thiocarbonyl (C=S) groups is 1. The van der Waals surface area contributed by atoms with Crippen molar-refractivity contribution >= 4 is 51.9 Å². The van der Waals surface area contributed by atoms with Crippen molar-refractivity contribution in [1.82, 2.24) is 4.90 Å². The first-order valence-electron chi connectivity index (χ1n) is 6.94. The van der Waals surface area contributed by atoms with Crippen LogP contribution in [0.4, 0.5) is 5.69 Å². The number of hydrogen-bond acceptors (Lipinski definition) is 7. The zero-order valence-corrected chi connectivity index (χ0v) is 14.4. The summed E-state index contributed by atoms with van der Waals surface area (Å²) in [6.07, 6.45) is 1.52. The van der Waals surface area contributed by atoms with E-state index in [9.17, 15) is 24.8 Å². The third-order valence-corrected chi connectivity index (χ3v) is 4.71. The van der Waals surface area contributed by atoms with Crippen LogP contribution in [-0.4, -0.2) is 32.1 Å². The Kier molecular flexibility index (Phi) is 5.35. The van der Waals surface area contributed by atoms with Gasteiger partial charge in [0.15, 0.2) is 0 Å². The molecule has 1 saturated heterocycles. The van der Waals surface area contributed by atoms with E-state index in [0.29, 0.717) is 5.56 Å². The highest BCUT2D eigenvalue weighted by Gasteiger charge is 2.39. The second-order valence-corrected chi connectivity index (χ2v) is 7.08. The fourth-order valence-electron chi connectivity index (χ4n) is 2.24. The molecule has 0 unspecified atom stereocenters. The molecule has 24 heavy (non-hydrogen) atoms. The van der Waals surface area contributed by atoms with Gasteiger partial charge in [0.05, 0.1) is 21.8 Å². The summed E-state index contributed by atoms with van der Waals surface area (Å²) >= 11 is 6.12. The Labute approximate surface area is 147 Å². The number of hydrogen-bond donors (Lipinski definition) is 0. The molecule has 0 spiro atoms. The SMILES string of the molecule is CC(C)[C@@H](C(=O)[O-])N1C(=O)/C(=C/c2ccc([N+](=O)[O-])cc2)SC1=S. The van der Waals surface area contributed by atoms with Crippen molar-refractivity contribution in [2.75, 3.05) is 0 Å². The molecule has 1 aromatic rings. The molecule has 0 saturated carbocycles. The molecular weight excluding hydrogens is 352 g/mol. The number of nitro groups is 1. The van der Waals surface area contributed by atoms with Gasteiger partial charge in [0.2, 0.25) is 0 Å². The largest absolute Gasteiger partial charge is 0.548 e. The van der Waals surface area contributed by atoms with E-state index >= 15 is 0 Å². The molecule has 1 fully saturated rings. The molecule has 1 amide bonds. The number of thioether (sulfide) groups is 1. The summed E-state index contributed by atoms with van der Waals surface area (Å²) in [7, 11) is 0. The summed E-state index contributed by atoms with van der Waals surface area (Å²) < 4.78 is 0.149. The average Bonchev–Trinajstić information content (AvgIpc) is 2.75. The van der Waals surface area contributed by atoms with Crippen LogP contribution in [-0.2, 0) is 9.59 Å². The van der Waals surface area contributed by atoms with Crippen LogP contribution < -0.4 is 5.11 Å². The zero-order valence-electron chi connectivity index (χ0n) is 12.8. The second-order valence-electron chi connectivity index (χ2n) is 5.41. The molecule has 126 valence electrons. The van der Waals surface area contributed by atoms with Crippen LogP contribution >= 0.6 is 24.0 Å². The van der Waals surface area contributed by atoms with Gasteiger partial charge >= 0.3 is 0 Å². The number of carboxylic acids is 1. The van der Waals surface area contributed by atoms with Gasteiger partial charge in [-0.15, -0.1) is 0 Å². The Balaban J connectivity index is 2.30. The first-order chi connectivity index (χ1) is 11.2. The Morgan fingerprint density at radius 2 is 1.92 bits per heavy atom. The highest BCUT2D eigenvalue weighted by molar-refractivity contribution is 8.26. The van der Waals surface area contributed by atoms with E-state index in [4.69, 9.17) is 12.2 Å². The molecule has 1 aromatic carbocycles. The fraction of sp³-hybridized carbons (Fsp3) is 0.267. The molecule has 7 nitrogen and oxygen atoms in total. The third-order valence-electron chi connectivity index (χ3n) is 3.38. The number of non-ortho nitro benzene ring substituents is 1. The van der Waals surface area contributed by atoms with E-state index in [0.717, 1.165) is 16.7 Å². The quantitative estimate of drug-likeness (QED) is 0.338. The number of nitro benzene ring substituents is 1. The summed E-state index contributed by atoms with van der Waals surface area (Å²) in [5.74, 6) is -2.24. The minimum atomic E-state index is -1.36. The van der Waals surface area contributed by atoms with Crippen molar-refractivity contribution in [3.8, 4) is 0 Å². The van der Waals surface area contributed by atoms with Crippen LogP contribution in [0.25, 0.3) is 6.08 Å². The molecule has 0 aromatic heterocycles. The standard InChI is InChI=1S/C15H14N2O5S2/c1-8(2)12(14(19)20)16-13(18)11(24-15(16)23)7-9-3-5-10(6-4-9)17(21)22/h3-8,12H,1-2H3,(H,19,20)/p-1/b11-7-/t12-/m0/s1. The predicted molar refractivity (Wildman–Crippen MR) is 91.7 cm³/mol. The minimum Gasteiger partial charge on any atom is -0.548 e. The maximum Gasteiger partial charge on any atom is 0.269 e. The van der Waals surface area contributed by atoms with Crippen molar-refractivity contribution in [3.05, 3.63) is 44.8 Å². The Hall–Kier alpha value is -2.26. The Morgan fingerprint density at radius 1 is 1.33 bits per heavy atom. The van der Waals surface area contributed by atoms with Gasteiger partial charge in [0.25, 0.3) is 11.6 Å². The van der Waals surface area contributed by atoms with Crippen LogP contribution in [0.5, 0.6) is 0 Å². The van der Waals surface area contributed by atoms with Crippen LogP contribution in [0.2, 0.25) is 0 Å². The molecule has 0 radical (unpaired) electrons. The van der Waals surface area contributed by atoms with E-state index in [1.807, 2.05) is 0 Å². The van der Waals surface area contributed by atoms with Gasteiger partial charge in [-0.1, -0.05) is 37.8 Å². The van der Waals surface area contributed by atoms with Crippen molar-refractivity contribution < 1.29 is 19.6 Å². The van der Waals surface area contributed by atoms with Crippen molar-refractivity contribution in [1.29, 1.82) is 0 Å². The highest BCUT2D eigenvalue weighted by Crippen LogP contribution is 2.35. The van der Waals surface area contributed by atoms with E-state index in [2.05, 4.69) is 0 Å². The number of carbonyl (C=O) groups excluding carboxylic acids is 2. The topological polar surface area (TPSA) is 104 Å². The summed E-state index contributed by atoms with van der Waals surface area (Å²) in [6.45, 7) is 3.33. The van der Waals surface area contributed by atoms with Gasteiger partial charge in [0, 0.05) is 12.1 Å². The Bertz CT molecular complexity index is 743. The number of amides is 1. The first kappa shape index (κ1) is 18.1. The second kappa shape index (κ2) is 7.10. The van der Waals surface area contributed by atoms with Crippen molar-refractivity contribution in [3.63, 3.8) is 0 Å². The normalized spacial score (nSPS) is 17.6. The van der Waals surface area contributed by atoms with Crippen LogP contribution in [0.3, 0.4) is 0 Å². The predicted octanol–water partition coefficient (Wildman–Crippen LogP) is 1.57. The maximum absolute atomic E-state index is 12.5. The summed E-state index contributed by atoms with van der Waals surface area (Å²) in [5.41, 5.74) is 0.521. The third kappa shape index (κ3) is 3.62. The molecule has 1 atom stereocenters. The van der Waals surface area contributed by atoms with Gasteiger partial charge < -0.3 is 9.90 Å². The molecule has 1 aliphatic rings. The lowest BCUT2D eigenvalue weighted by Crippen LogP contribution is -2.52. The zero-order chi connectivity index (χ0) is 18.0. The van der Waals surface area contributed by atoms with Crippen LogP contribution in [0, 0.1) is 16.0 Å². The minimum absolute atomic E-state index is 0.0588. The number of carboxylic acid groups (broad SMARTS) is 1. The number of benzene rings is 1. The molecule has 0 N–H and O–H groups in total. The molecule has 0 aliphatic carbocycles. The lowest BCUT2D eigenvalue weighted by atomic mass is 10.0. The van der Waals surface area contributed by atoms with Gasteiger partial charge in [-0.25, -0.2) is 0 Å². The Morgan fingerprint density at radius 3 is 2.38 bits per heavy atom. The fourth-order valence-corrected chi connectivity index (χ4v) is 3.57. The summed E-state index contributed by atoms with van der Waals surface area (Å²) in [6, 6.07) is 4.52. The van der Waals surface area contributed by atoms with Crippen molar-refractivity contribution in [2.24, 2.45) is 5.92 Å². The monoisotopic (exact) mass is 365 g/mol. The van der Waals surface area contributed by atoms with E-state index in [-0.39, 0.29) is 20.8 Å². The first-order valence-corrected chi connectivity index (χ1v) is 8.17. The molecule has 2 rings (SSSR count). The molecule has 1 aliphatic heterocycles. The van der Waals surface area contributed by atoms with Gasteiger partial charge in [-0.2, -0.15) is 0 Å². The van der Waals surface area contributed by atoms with Crippen LogP contribution in [0.15, 0.2) is 29.2 Å². The molecule has 0 bridgehead atoms. The van der Waals surface area contributed by atoms with Gasteiger partial charge in [-0.05, 0) is 29.7 Å². The summed E-state index contributed by atoms with van der Waals surface area (Å²) in [4.78, 5) is 35.3. The smallest absolute Gasteiger partial charge is 0.269 e. The van der Waals surface area contributed by atoms with Gasteiger partial charge in [-0.3, -0.25) is 19.8 Å². The van der Waals surface area contributed by atoms with Crippen LogP contribution in [0.1, 0.15) is 19.4 Å². The summed E-state index contributed by atoms with van der Waals surface area (Å²) in [5, 5.41) is 22.0. The number of rotatable bonds is 5. The van der Waals surface area contributed by atoms with E-state index < -0.39 is 22.8 Å². The average molecular weight is 365 g/mol. The maximum atomic E-state index is 12.5.